The summed E-state index contributed by atoms with van der Waals surface area (Å²) < 4.78 is 10.2. The van der Waals surface area contributed by atoms with Gasteiger partial charge in [0.15, 0.2) is 0 Å². The Hall–Kier alpha value is -1.33. The minimum Gasteiger partial charge on any atom is -0.467 e. The number of piperidine rings is 1. The molecule has 0 spiro atoms. The average Bonchev–Trinajstić information content (AvgIpc) is 2.95. The number of rotatable bonds is 6. The third kappa shape index (κ3) is 3.84. The van der Waals surface area contributed by atoms with Crippen LogP contribution in [-0.4, -0.2) is 43.7 Å². The first-order chi connectivity index (χ1) is 9.74. The van der Waals surface area contributed by atoms with Gasteiger partial charge in [0.2, 0.25) is 0 Å². The molecule has 1 N–H and O–H groups in total. The Morgan fingerprint density at radius 2 is 2.40 bits per heavy atom. The molecule has 0 bridgehead atoms. The van der Waals surface area contributed by atoms with Gasteiger partial charge in [-0.15, -0.1) is 0 Å². The molecule has 5 heteroatoms. The maximum Gasteiger partial charge on any atom is 0.341 e. The number of hydrogen-bond donors (Lipinski definition) is 1. The van der Waals surface area contributed by atoms with Crippen molar-refractivity contribution in [2.24, 2.45) is 0 Å². The van der Waals surface area contributed by atoms with Crippen LogP contribution in [0.15, 0.2) is 16.7 Å². The van der Waals surface area contributed by atoms with Crippen molar-refractivity contribution in [2.45, 2.75) is 38.8 Å². The molecule has 0 radical (unpaired) electrons. The van der Waals surface area contributed by atoms with E-state index in [9.17, 15) is 4.79 Å². The van der Waals surface area contributed by atoms with E-state index in [1.54, 1.807) is 12.3 Å². The first-order valence-corrected chi connectivity index (χ1v) is 7.35. The van der Waals surface area contributed by atoms with Gasteiger partial charge in [-0.1, -0.05) is 13.3 Å². The number of nitrogens with zero attached hydrogens (tertiary/aromatic N) is 1. The maximum absolute atomic E-state index is 11.6. The predicted molar refractivity (Wildman–Crippen MR) is 76.6 cm³/mol. The number of esters is 1. The van der Waals surface area contributed by atoms with Gasteiger partial charge < -0.3 is 14.5 Å². The molecule has 1 fully saturated rings. The normalized spacial score (nSPS) is 19.2. The molecule has 1 aliphatic rings. The van der Waals surface area contributed by atoms with Crippen molar-refractivity contribution < 1.29 is 13.9 Å². The van der Waals surface area contributed by atoms with Crippen LogP contribution < -0.4 is 5.32 Å². The number of hydrogen-bond acceptors (Lipinski definition) is 5. The summed E-state index contributed by atoms with van der Waals surface area (Å²) >= 11 is 0. The molecule has 1 atom stereocenters. The van der Waals surface area contributed by atoms with E-state index in [0.717, 1.165) is 19.6 Å². The molecule has 112 valence electrons. The minimum atomic E-state index is -0.333. The zero-order valence-electron chi connectivity index (χ0n) is 12.4. The molecule has 5 nitrogen and oxygen atoms in total. The van der Waals surface area contributed by atoms with Crippen LogP contribution >= 0.6 is 0 Å². The van der Waals surface area contributed by atoms with Crippen LogP contribution in [-0.2, 0) is 11.3 Å². The van der Waals surface area contributed by atoms with Crippen molar-refractivity contribution in [3.63, 3.8) is 0 Å². The fourth-order valence-corrected chi connectivity index (χ4v) is 2.65. The Labute approximate surface area is 120 Å². The highest BCUT2D eigenvalue weighted by Gasteiger charge is 2.20. The highest BCUT2D eigenvalue weighted by Crippen LogP contribution is 2.16. The van der Waals surface area contributed by atoms with Gasteiger partial charge in [-0.3, -0.25) is 4.90 Å². The van der Waals surface area contributed by atoms with Gasteiger partial charge >= 0.3 is 5.97 Å². The highest BCUT2D eigenvalue weighted by molar-refractivity contribution is 5.90. The Bertz CT molecular complexity index is 425. The smallest absolute Gasteiger partial charge is 0.341 e. The SMILES string of the molecule is CCN(Cc1occc1C(=O)OC)CC1CCCCN1. The number of nitrogens with one attached hydrogen (secondary N) is 1. The molecular formula is C15H24N2O3. The molecule has 1 unspecified atom stereocenters. The second-order valence-corrected chi connectivity index (χ2v) is 5.22. The maximum atomic E-state index is 11.6. The van der Waals surface area contributed by atoms with Crippen molar-refractivity contribution in [2.75, 3.05) is 26.7 Å². The van der Waals surface area contributed by atoms with Gasteiger partial charge in [-0.2, -0.15) is 0 Å². The van der Waals surface area contributed by atoms with Gasteiger partial charge in [-0.05, 0) is 32.0 Å². The van der Waals surface area contributed by atoms with E-state index < -0.39 is 0 Å². The van der Waals surface area contributed by atoms with Gasteiger partial charge in [-0.25, -0.2) is 4.79 Å². The minimum absolute atomic E-state index is 0.333. The molecule has 1 aromatic rings. The molecule has 1 saturated heterocycles. The summed E-state index contributed by atoms with van der Waals surface area (Å²) in [5.74, 6) is 0.357. The van der Waals surface area contributed by atoms with E-state index in [4.69, 9.17) is 9.15 Å². The number of carbonyl (C=O) groups excluding carboxylic acids is 1. The molecule has 20 heavy (non-hydrogen) atoms. The quantitative estimate of drug-likeness (QED) is 0.808. The average molecular weight is 280 g/mol. The first-order valence-electron chi connectivity index (χ1n) is 7.35. The summed E-state index contributed by atoms with van der Waals surface area (Å²) in [5, 5.41) is 3.55. The van der Waals surface area contributed by atoms with E-state index in [2.05, 4.69) is 17.1 Å². The van der Waals surface area contributed by atoms with Gasteiger partial charge in [0.25, 0.3) is 0 Å². The zero-order chi connectivity index (χ0) is 14.4. The van der Waals surface area contributed by atoms with Crippen LogP contribution in [0.25, 0.3) is 0 Å². The summed E-state index contributed by atoms with van der Waals surface area (Å²) in [6, 6.07) is 2.22. The summed E-state index contributed by atoms with van der Waals surface area (Å²) in [7, 11) is 1.39. The topological polar surface area (TPSA) is 54.7 Å². The second kappa shape index (κ2) is 7.45. The zero-order valence-corrected chi connectivity index (χ0v) is 12.4. The lowest BCUT2D eigenvalue weighted by molar-refractivity contribution is 0.0596. The lowest BCUT2D eigenvalue weighted by atomic mass is 10.0. The molecule has 0 aromatic carbocycles. The lowest BCUT2D eigenvalue weighted by Crippen LogP contribution is -2.43. The van der Waals surface area contributed by atoms with Crippen LogP contribution in [0.2, 0.25) is 0 Å². The summed E-state index contributed by atoms with van der Waals surface area (Å²) in [4.78, 5) is 13.9. The van der Waals surface area contributed by atoms with Gasteiger partial charge in [0, 0.05) is 12.6 Å². The van der Waals surface area contributed by atoms with Crippen LogP contribution in [0.3, 0.4) is 0 Å². The fourth-order valence-electron chi connectivity index (χ4n) is 2.65. The Balaban J connectivity index is 1.95. The van der Waals surface area contributed by atoms with Gasteiger partial charge in [0.1, 0.15) is 11.3 Å². The van der Waals surface area contributed by atoms with Crippen LogP contribution in [0.5, 0.6) is 0 Å². The van der Waals surface area contributed by atoms with Crippen LogP contribution in [0.4, 0.5) is 0 Å². The summed E-state index contributed by atoms with van der Waals surface area (Å²) in [5.41, 5.74) is 0.530. The third-order valence-corrected chi connectivity index (χ3v) is 3.86. The van der Waals surface area contributed by atoms with E-state index in [0.29, 0.717) is 23.9 Å². The lowest BCUT2D eigenvalue weighted by Gasteiger charge is -2.29. The molecule has 1 aromatic heterocycles. The van der Waals surface area contributed by atoms with E-state index in [-0.39, 0.29) is 5.97 Å². The molecule has 0 aliphatic carbocycles. The number of methoxy groups -OCH3 is 1. The number of likely N-dealkylation sites (N-methyl/N-ethyl adjacent to an activating group) is 1. The van der Waals surface area contributed by atoms with Crippen LogP contribution in [0.1, 0.15) is 42.3 Å². The summed E-state index contributed by atoms with van der Waals surface area (Å²) in [6.45, 7) is 5.80. The summed E-state index contributed by atoms with van der Waals surface area (Å²) in [6.07, 6.45) is 5.34. The first kappa shape index (κ1) is 15.1. The molecule has 1 aliphatic heterocycles. The van der Waals surface area contributed by atoms with Crippen molar-refractivity contribution in [3.8, 4) is 0 Å². The molecule has 2 rings (SSSR count). The molecule has 2 heterocycles. The fraction of sp³-hybridized carbons (Fsp3) is 0.667. The second-order valence-electron chi connectivity index (χ2n) is 5.22. The van der Waals surface area contributed by atoms with Crippen molar-refractivity contribution in [1.29, 1.82) is 0 Å². The molecule has 0 saturated carbocycles. The van der Waals surface area contributed by atoms with Crippen molar-refractivity contribution in [3.05, 3.63) is 23.7 Å². The largest absolute Gasteiger partial charge is 0.467 e. The Morgan fingerprint density at radius 1 is 1.55 bits per heavy atom. The Kier molecular flexibility index (Phi) is 5.61. The molecule has 0 amide bonds. The van der Waals surface area contributed by atoms with Crippen molar-refractivity contribution in [1.82, 2.24) is 10.2 Å². The highest BCUT2D eigenvalue weighted by atomic mass is 16.5. The Morgan fingerprint density at radius 3 is 3.05 bits per heavy atom. The number of furan rings is 1. The van der Waals surface area contributed by atoms with Gasteiger partial charge in [0.05, 0.1) is 19.9 Å². The van der Waals surface area contributed by atoms with E-state index >= 15 is 0 Å². The van der Waals surface area contributed by atoms with E-state index in [1.807, 2.05) is 0 Å². The monoisotopic (exact) mass is 280 g/mol. The third-order valence-electron chi connectivity index (χ3n) is 3.86. The molecular weight excluding hydrogens is 256 g/mol. The van der Waals surface area contributed by atoms with Crippen LogP contribution in [0, 0.1) is 0 Å². The van der Waals surface area contributed by atoms with E-state index in [1.165, 1.54) is 26.4 Å². The standard InChI is InChI=1S/C15H24N2O3/c1-3-17(10-12-6-4-5-8-16-12)11-14-13(7-9-20-14)15(18)19-2/h7,9,12,16H,3-6,8,10-11H2,1-2H3. The number of carbonyl (C=O) groups is 1. The number of ether oxygens (including phenoxy) is 1. The predicted octanol–water partition coefficient (Wildman–Crippen LogP) is 2.03. The van der Waals surface area contributed by atoms with Crippen molar-refractivity contribution >= 4 is 5.97 Å².